The SMILES string of the molecule is CC(C)(C)CC1NCC(c2cccc(Cl)c2F)C1C(=O)Nc1cccc(Cl)c1.CC1(O)CC(NC=O)C1. The highest BCUT2D eigenvalue weighted by Crippen LogP contribution is 2.39. The van der Waals surface area contributed by atoms with Crippen LogP contribution in [0.2, 0.25) is 10.0 Å². The third-order valence-electron chi connectivity index (χ3n) is 6.75. The van der Waals surface area contributed by atoms with Gasteiger partial charge in [0.15, 0.2) is 0 Å². The molecule has 2 aromatic carbocycles. The molecule has 1 saturated carbocycles. The van der Waals surface area contributed by atoms with Gasteiger partial charge in [-0.15, -0.1) is 0 Å². The third kappa shape index (κ3) is 8.14. The average Bonchev–Trinajstić information content (AvgIpc) is 3.17. The zero-order chi connectivity index (χ0) is 27.4. The number of aliphatic hydroxyl groups is 1. The predicted molar refractivity (Wildman–Crippen MR) is 146 cm³/mol. The summed E-state index contributed by atoms with van der Waals surface area (Å²) in [5.74, 6) is -1.32. The molecule has 1 saturated heterocycles. The van der Waals surface area contributed by atoms with E-state index in [0.29, 0.717) is 42.1 Å². The lowest BCUT2D eigenvalue weighted by atomic mass is 9.77. The maximum Gasteiger partial charge on any atom is 0.229 e. The van der Waals surface area contributed by atoms with Crippen LogP contribution >= 0.6 is 23.2 Å². The quantitative estimate of drug-likeness (QED) is 0.355. The minimum absolute atomic E-state index is 0.0218. The fourth-order valence-corrected chi connectivity index (χ4v) is 5.53. The lowest BCUT2D eigenvalue weighted by molar-refractivity contribution is -0.120. The molecule has 4 rings (SSSR count). The molecular weight excluding hydrogens is 516 g/mol. The topological polar surface area (TPSA) is 90.5 Å². The Bertz CT molecular complexity index is 1100. The van der Waals surface area contributed by atoms with Gasteiger partial charge >= 0.3 is 0 Å². The van der Waals surface area contributed by atoms with Crippen molar-refractivity contribution in [1.82, 2.24) is 10.6 Å². The van der Waals surface area contributed by atoms with Crippen LogP contribution in [0.1, 0.15) is 58.4 Å². The molecule has 0 aromatic heterocycles. The number of nitrogens with one attached hydrogen (secondary N) is 3. The first-order valence-electron chi connectivity index (χ1n) is 12.5. The first-order valence-corrected chi connectivity index (χ1v) is 13.2. The van der Waals surface area contributed by atoms with Crippen molar-refractivity contribution in [2.75, 3.05) is 11.9 Å². The molecule has 9 heteroatoms. The highest BCUT2D eigenvalue weighted by Gasteiger charge is 2.44. The predicted octanol–water partition coefficient (Wildman–Crippen LogP) is 5.52. The van der Waals surface area contributed by atoms with Gasteiger partial charge in [0.25, 0.3) is 0 Å². The zero-order valence-electron chi connectivity index (χ0n) is 21.7. The lowest BCUT2D eigenvalue weighted by Crippen LogP contribution is -2.51. The molecule has 1 aliphatic carbocycles. The van der Waals surface area contributed by atoms with E-state index < -0.39 is 17.3 Å². The van der Waals surface area contributed by atoms with E-state index in [2.05, 4.69) is 36.7 Å². The Balaban J connectivity index is 0.000000356. The van der Waals surface area contributed by atoms with Gasteiger partial charge in [-0.2, -0.15) is 0 Å². The van der Waals surface area contributed by atoms with Crippen molar-refractivity contribution in [3.05, 3.63) is 63.9 Å². The first-order chi connectivity index (χ1) is 17.3. The van der Waals surface area contributed by atoms with Crippen molar-refractivity contribution in [3.63, 3.8) is 0 Å². The second-order valence-electron chi connectivity index (χ2n) is 11.4. The lowest BCUT2D eigenvalue weighted by Gasteiger charge is -2.40. The van der Waals surface area contributed by atoms with Crippen LogP contribution in [0, 0.1) is 17.2 Å². The Morgan fingerprint density at radius 3 is 2.49 bits per heavy atom. The smallest absolute Gasteiger partial charge is 0.229 e. The Labute approximate surface area is 228 Å². The van der Waals surface area contributed by atoms with Gasteiger partial charge in [-0.3, -0.25) is 9.59 Å². The number of hydrogen-bond donors (Lipinski definition) is 4. The fraction of sp³-hybridized carbons (Fsp3) is 0.500. The van der Waals surface area contributed by atoms with Gasteiger partial charge in [-0.1, -0.05) is 62.2 Å². The van der Waals surface area contributed by atoms with Crippen LogP contribution in [0.3, 0.4) is 0 Å². The summed E-state index contributed by atoms with van der Waals surface area (Å²) in [5.41, 5.74) is 0.598. The molecule has 202 valence electrons. The number of carbonyl (C=O) groups excluding carboxylic acids is 2. The van der Waals surface area contributed by atoms with E-state index in [9.17, 15) is 14.0 Å². The molecular formula is C28H36Cl2FN3O3. The van der Waals surface area contributed by atoms with Gasteiger partial charge in [-0.25, -0.2) is 4.39 Å². The van der Waals surface area contributed by atoms with E-state index in [1.807, 2.05) is 0 Å². The molecule has 2 fully saturated rings. The van der Waals surface area contributed by atoms with Crippen LogP contribution in [0.25, 0.3) is 0 Å². The summed E-state index contributed by atoms with van der Waals surface area (Å²) in [5, 5.41) is 18.8. The molecule has 6 nitrogen and oxygen atoms in total. The molecule has 4 N–H and O–H groups in total. The number of anilines is 1. The van der Waals surface area contributed by atoms with Crippen LogP contribution in [-0.2, 0) is 9.59 Å². The van der Waals surface area contributed by atoms with Crippen molar-refractivity contribution >= 4 is 41.2 Å². The maximum atomic E-state index is 14.7. The number of carbonyl (C=O) groups is 2. The summed E-state index contributed by atoms with van der Waals surface area (Å²) in [4.78, 5) is 23.1. The molecule has 37 heavy (non-hydrogen) atoms. The molecule has 3 atom stereocenters. The van der Waals surface area contributed by atoms with Gasteiger partial charge in [0.1, 0.15) is 5.82 Å². The molecule has 1 aliphatic heterocycles. The second-order valence-corrected chi connectivity index (χ2v) is 12.3. The number of benzene rings is 2. The van der Waals surface area contributed by atoms with Crippen molar-refractivity contribution in [2.24, 2.45) is 11.3 Å². The Morgan fingerprint density at radius 1 is 1.22 bits per heavy atom. The van der Waals surface area contributed by atoms with Gasteiger partial charge < -0.3 is 21.1 Å². The Kier molecular flexibility index (Phi) is 9.62. The summed E-state index contributed by atoms with van der Waals surface area (Å²) in [6.07, 6.45) is 2.84. The number of amides is 2. The highest BCUT2D eigenvalue weighted by atomic mass is 35.5. The van der Waals surface area contributed by atoms with E-state index in [4.69, 9.17) is 28.3 Å². The van der Waals surface area contributed by atoms with Crippen molar-refractivity contribution in [2.45, 2.75) is 70.6 Å². The molecule has 2 aromatic rings. The monoisotopic (exact) mass is 551 g/mol. The Hall–Kier alpha value is -2.19. The van der Waals surface area contributed by atoms with E-state index in [1.165, 1.54) is 6.07 Å². The van der Waals surface area contributed by atoms with E-state index in [1.54, 1.807) is 43.3 Å². The minimum Gasteiger partial charge on any atom is -0.390 e. The van der Waals surface area contributed by atoms with Crippen molar-refractivity contribution in [3.8, 4) is 0 Å². The summed E-state index contributed by atoms with van der Waals surface area (Å²) >= 11 is 12.0. The van der Waals surface area contributed by atoms with Gasteiger partial charge in [0.2, 0.25) is 12.3 Å². The van der Waals surface area contributed by atoms with Gasteiger partial charge in [0, 0.05) is 35.3 Å². The van der Waals surface area contributed by atoms with E-state index in [-0.39, 0.29) is 34.3 Å². The number of rotatable bonds is 6. The molecule has 3 unspecified atom stereocenters. The minimum atomic E-state index is -0.527. The van der Waals surface area contributed by atoms with Crippen LogP contribution in [-0.4, -0.2) is 41.7 Å². The van der Waals surface area contributed by atoms with Crippen molar-refractivity contribution in [1.29, 1.82) is 0 Å². The van der Waals surface area contributed by atoms with E-state index >= 15 is 0 Å². The summed E-state index contributed by atoms with van der Waals surface area (Å²) in [6.45, 7) is 8.69. The van der Waals surface area contributed by atoms with Crippen LogP contribution in [0.5, 0.6) is 0 Å². The molecule has 2 amide bonds. The van der Waals surface area contributed by atoms with Crippen LogP contribution in [0.4, 0.5) is 10.1 Å². The van der Waals surface area contributed by atoms with Crippen LogP contribution < -0.4 is 16.0 Å². The van der Waals surface area contributed by atoms with Crippen molar-refractivity contribution < 1.29 is 19.1 Å². The number of halogens is 3. The largest absolute Gasteiger partial charge is 0.390 e. The standard InChI is InChI=1S/C22H25Cl2FN2O.C6H11NO2/c1-22(2,3)11-18-19(21(28)27-14-7-4-6-13(23)10-14)16(12-26-18)15-8-5-9-17(24)20(15)25;1-6(9)2-5(3-6)7-4-8/h4-10,16,18-19,26H,11-12H2,1-3H3,(H,27,28);4-5,9H,2-3H2,1H3,(H,7,8). The Morgan fingerprint density at radius 2 is 1.89 bits per heavy atom. The molecule has 2 aliphatic rings. The fourth-order valence-electron chi connectivity index (χ4n) is 5.16. The third-order valence-corrected chi connectivity index (χ3v) is 7.28. The normalized spacial score (nSPS) is 26.9. The second kappa shape index (κ2) is 12.1. The maximum absolute atomic E-state index is 14.7. The summed E-state index contributed by atoms with van der Waals surface area (Å²) in [7, 11) is 0. The molecule has 1 heterocycles. The molecule has 0 spiro atoms. The molecule has 0 radical (unpaired) electrons. The van der Waals surface area contributed by atoms with Crippen LogP contribution in [0.15, 0.2) is 42.5 Å². The van der Waals surface area contributed by atoms with Gasteiger partial charge in [0.05, 0.1) is 16.5 Å². The summed E-state index contributed by atoms with van der Waals surface area (Å²) in [6, 6.07) is 12.1. The van der Waals surface area contributed by atoms with Gasteiger partial charge in [-0.05, 0) is 61.4 Å². The number of hydrogen-bond acceptors (Lipinski definition) is 4. The first kappa shape index (κ1) is 29.4. The van der Waals surface area contributed by atoms with E-state index in [0.717, 1.165) is 6.42 Å². The average molecular weight is 553 g/mol. The zero-order valence-corrected chi connectivity index (χ0v) is 23.2. The highest BCUT2D eigenvalue weighted by molar-refractivity contribution is 6.31. The molecule has 0 bridgehead atoms. The summed E-state index contributed by atoms with van der Waals surface area (Å²) < 4.78 is 14.7.